The van der Waals surface area contributed by atoms with Crippen molar-refractivity contribution >= 4 is 40.1 Å². The first-order valence-electron chi connectivity index (χ1n) is 11.2. The fraction of sp³-hybridized carbons (Fsp3) is 0.500. The van der Waals surface area contributed by atoms with E-state index in [4.69, 9.17) is 4.52 Å². The molecule has 0 fully saturated rings. The number of sulfonamides is 1. The predicted molar refractivity (Wildman–Crippen MR) is 137 cm³/mol. The smallest absolute Gasteiger partial charge is 0.348 e. The van der Waals surface area contributed by atoms with Crippen molar-refractivity contribution in [3.05, 3.63) is 29.5 Å². The van der Waals surface area contributed by atoms with Crippen LogP contribution in [0.5, 0.6) is 11.6 Å². The highest BCUT2D eigenvalue weighted by molar-refractivity contribution is 7.92. The maximum Gasteiger partial charge on any atom is 0.348 e. The van der Waals surface area contributed by atoms with Crippen LogP contribution in [0.3, 0.4) is 0 Å². The van der Waals surface area contributed by atoms with Crippen molar-refractivity contribution in [3.8, 4) is 11.6 Å². The molecule has 1 aliphatic heterocycles. The number of rotatable bonds is 9. The van der Waals surface area contributed by atoms with Gasteiger partial charge in [-0.2, -0.15) is 4.76 Å². The van der Waals surface area contributed by atoms with Gasteiger partial charge in [0.05, 0.1) is 29.5 Å². The molecule has 0 spiro atoms. The monoisotopic (exact) mass is 528 g/mol. The summed E-state index contributed by atoms with van der Waals surface area (Å²) >= 11 is 0. The first-order chi connectivity index (χ1) is 16.2. The van der Waals surface area contributed by atoms with Crippen molar-refractivity contribution in [3.63, 3.8) is 0 Å². The maximum atomic E-state index is 13.8. The third-order valence-electron chi connectivity index (χ3n) is 5.38. The molecule has 1 aromatic heterocycles. The summed E-state index contributed by atoms with van der Waals surface area (Å²) in [5.41, 5.74) is 0.752. The van der Waals surface area contributed by atoms with Gasteiger partial charge < -0.3 is 29.7 Å². The van der Waals surface area contributed by atoms with Crippen molar-refractivity contribution in [2.75, 3.05) is 29.5 Å². The van der Waals surface area contributed by atoms with E-state index < -0.39 is 17.5 Å². The van der Waals surface area contributed by atoms with E-state index in [0.717, 1.165) is 6.26 Å². The van der Waals surface area contributed by atoms with E-state index in [1.165, 1.54) is 22.8 Å². The second-order valence-corrected chi connectivity index (χ2v) is 13.3. The Labute approximate surface area is 205 Å². The molecule has 0 saturated carbocycles. The average Bonchev–Trinajstić information content (AvgIpc) is 2.95. The molecule has 0 saturated heterocycles. The fourth-order valence-electron chi connectivity index (χ4n) is 3.78. The lowest BCUT2D eigenvalue weighted by Gasteiger charge is -2.25. The van der Waals surface area contributed by atoms with Gasteiger partial charge in [-0.25, -0.2) is 8.42 Å². The molecule has 0 amide bonds. The molecular formula is C22H33N4O7PS. The first-order valence-corrected chi connectivity index (χ1v) is 14.6. The van der Waals surface area contributed by atoms with Gasteiger partial charge in [0.25, 0.3) is 0 Å². The van der Waals surface area contributed by atoms with Crippen molar-refractivity contribution in [2.45, 2.75) is 47.1 Å². The number of anilines is 2. The molecule has 0 radical (unpaired) electrons. The SMILES string of the molecule is CCOP1(=O)N=C(c2c(O)c(CCO)n(CCC(C)(C)C)c2O)Nc2ccc(NS(C)(=O)=O)cc21. The van der Waals surface area contributed by atoms with E-state index in [1.54, 1.807) is 6.92 Å². The molecule has 2 aromatic rings. The van der Waals surface area contributed by atoms with Crippen molar-refractivity contribution in [1.82, 2.24) is 4.57 Å². The Kier molecular flexibility index (Phi) is 7.61. The fourth-order valence-corrected chi connectivity index (χ4v) is 6.14. The second-order valence-electron chi connectivity index (χ2n) is 9.55. The minimum absolute atomic E-state index is 0.0497. The number of aromatic hydroxyl groups is 2. The number of aromatic nitrogens is 1. The molecule has 3 rings (SSSR count). The van der Waals surface area contributed by atoms with E-state index in [1.807, 2.05) is 0 Å². The average molecular weight is 529 g/mol. The number of benzene rings is 1. The van der Waals surface area contributed by atoms with Crippen molar-refractivity contribution in [2.24, 2.45) is 10.2 Å². The summed E-state index contributed by atoms with van der Waals surface area (Å²) in [7, 11) is -7.48. The minimum atomic E-state index is -3.91. The lowest BCUT2D eigenvalue weighted by Crippen LogP contribution is -2.26. The van der Waals surface area contributed by atoms with Crippen molar-refractivity contribution < 1.29 is 32.8 Å². The van der Waals surface area contributed by atoms with Crippen LogP contribution in [0, 0.1) is 5.41 Å². The number of amidine groups is 1. The third-order valence-corrected chi connectivity index (χ3v) is 8.04. The first kappa shape index (κ1) is 27.1. The van der Waals surface area contributed by atoms with Gasteiger partial charge in [-0.1, -0.05) is 20.8 Å². The molecule has 1 unspecified atom stereocenters. The molecule has 1 atom stereocenters. The summed E-state index contributed by atoms with van der Waals surface area (Å²) in [6.07, 6.45) is 1.78. The van der Waals surface area contributed by atoms with Crippen LogP contribution >= 0.6 is 7.52 Å². The third kappa shape index (κ3) is 6.00. The number of aliphatic hydroxyl groups is 1. The van der Waals surface area contributed by atoms with E-state index in [-0.39, 0.29) is 59.1 Å². The van der Waals surface area contributed by atoms with E-state index in [0.29, 0.717) is 24.3 Å². The highest BCUT2D eigenvalue weighted by Gasteiger charge is 2.37. The Morgan fingerprint density at radius 1 is 1.26 bits per heavy atom. The number of fused-ring (bicyclic) bond motifs is 1. The van der Waals surface area contributed by atoms with Crippen LogP contribution in [0.15, 0.2) is 23.0 Å². The van der Waals surface area contributed by atoms with Gasteiger partial charge in [0.2, 0.25) is 15.9 Å². The summed E-state index contributed by atoms with van der Waals surface area (Å²) in [5.74, 6) is -0.608. The summed E-state index contributed by atoms with van der Waals surface area (Å²) in [6, 6.07) is 4.38. The summed E-state index contributed by atoms with van der Waals surface area (Å²) in [6.45, 7) is 7.98. The zero-order chi connectivity index (χ0) is 26.2. The lowest BCUT2D eigenvalue weighted by molar-refractivity contribution is 0.287. The van der Waals surface area contributed by atoms with Crippen LogP contribution in [-0.4, -0.2) is 53.6 Å². The standard InChI is InChI=1S/C22H33N4O7PS/c1-6-33-34(30)17-13-14(25-35(5,31)32)7-8-15(17)23-20(24-34)18-19(28)16(9-12-27)26(21(18)29)11-10-22(2,3)4/h7-8,13,25,27-29H,6,9-12H2,1-5H3,(H,23,24,30). The van der Waals surface area contributed by atoms with E-state index in [9.17, 15) is 28.3 Å². The molecule has 0 bridgehead atoms. The number of hydrogen-bond acceptors (Lipinski definition) is 8. The maximum absolute atomic E-state index is 13.8. The van der Waals surface area contributed by atoms with Gasteiger partial charge in [-0.15, -0.1) is 0 Å². The Morgan fingerprint density at radius 3 is 2.51 bits per heavy atom. The Balaban J connectivity index is 2.14. The van der Waals surface area contributed by atoms with Gasteiger partial charge in [0.1, 0.15) is 5.56 Å². The summed E-state index contributed by atoms with van der Waals surface area (Å²) < 4.78 is 50.8. The highest BCUT2D eigenvalue weighted by Crippen LogP contribution is 2.53. The zero-order valence-corrected chi connectivity index (χ0v) is 22.2. The summed E-state index contributed by atoms with van der Waals surface area (Å²) in [5, 5.41) is 34.7. The largest absolute Gasteiger partial charge is 0.505 e. The zero-order valence-electron chi connectivity index (χ0n) is 20.5. The molecule has 35 heavy (non-hydrogen) atoms. The number of nitrogens with zero attached hydrogens (tertiary/aromatic N) is 2. The van der Waals surface area contributed by atoms with Gasteiger partial charge >= 0.3 is 7.52 Å². The highest BCUT2D eigenvalue weighted by atomic mass is 32.2. The van der Waals surface area contributed by atoms with Crippen LogP contribution in [0.2, 0.25) is 0 Å². The normalized spacial score (nSPS) is 18.1. The van der Waals surface area contributed by atoms with Gasteiger partial charge in [0.15, 0.2) is 11.6 Å². The number of hydrogen-bond donors (Lipinski definition) is 5. The molecule has 194 valence electrons. The Bertz CT molecular complexity index is 1300. The number of aliphatic hydroxyl groups excluding tert-OH is 1. The topological polar surface area (TPSA) is 162 Å². The van der Waals surface area contributed by atoms with Gasteiger partial charge in [-0.05, 0) is 37.0 Å². The second kappa shape index (κ2) is 9.85. The summed E-state index contributed by atoms with van der Waals surface area (Å²) in [4.78, 5) is 0. The van der Waals surface area contributed by atoms with Crippen LogP contribution in [0.1, 0.15) is 45.4 Å². The molecule has 1 aromatic carbocycles. The van der Waals surface area contributed by atoms with Crippen LogP contribution in [-0.2, 0) is 32.1 Å². The molecule has 13 heteroatoms. The predicted octanol–water partition coefficient (Wildman–Crippen LogP) is 2.97. The molecule has 5 N–H and O–H groups in total. The van der Waals surface area contributed by atoms with E-state index >= 15 is 0 Å². The van der Waals surface area contributed by atoms with Crippen LogP contribution in [0.25, 0.3) is 0 Å². The minimum Gasteiger partial charge on any atom is -0.505 e. The van der Waals surface area contributed by atoms with Crippen LogP contribution < -0.4 is 15.3 Å². The van der Waals surface area contributed by atoms with Gasteiger partial charge in [0, 0.05) is 25.3 Å². The molecular weight excluding hydrogens is 495 g/mol. The Morgan fingerprint density at radius 2 is 1.94 bits per heavy atom. The molecule has 0 aliphatic carbocycles. The molecule has 2 heterocycles. The van der Waals surface area contributed by atoms with E-state index in [2.05, 4.69) is 35.6 Å². The van der Waals surface area contributed by atoms with Crippen LogP contribution in [0.4, 0.5) is 11.4 Å². The molecule has 11 nitrogen and oxygen atoms in total. The Hall–Kier alpha value is -2.53. The lowest BCUT2D eigenvalue weighted by atomic mass is 9.92. The molecule has 1 aliphatic rings. The quantitative estimate of drug-likeness (QED) is 0.310. The number of nitrogens with one attached hydrogen (secondary N) is 2. The van der Waals surface area contributed by atoms with Gasteiger partial charge in [-0.3, -0.25) is 9.29 Å². The van der Waals surface area contributed by atoms with Crippen molar-refractivity contribution in [1.29, 1.82) is 0 Å².